The van der Waals surface area contributed by atoms with Crippen molar-refractivity contribution in [2.75, 3.05) is 10.7 Å². The smallest absolute Gasteiger partial charge is 0.257 e. The van der Waals surface area contributed by atoms with Crippen LogP contribution in [0.1, 0.15) is 0 Å². The number of hydrogen-bond acceptors (Lipinski definition) is 7. The zero-order chi connectivity index (χ0) is 14.7. The molecule has 3 rings (SSSR count). The molecule has 3 aromatic rings. The summed E-state index contributed by atoms with van der Waals surface area (Å²) >= 11 is 2.23. The average Bonchev–Trinajstić information content (AvgIpc) is 3.04. The predicted octanol–water partition coefficient (Wildman–Crippen LogP) is 1.69. The van der Waals surface area contributed by atoms with Gasteiger partial charge in [-0.3, -0.25) is 5.43 Å². The number of halogens is 1. The van der Waals surface area contributed by atoms with E-state index >= 15 is 0 Å². The molecule has 21 heavy (non-hydrogen) atoms. The molecule has 8 nitrogen and oxygen atoms in total. The van der Waals surface area contributed by atoms with Crippen molar-refractivity contribution in [3.05, 3.63) is 46.3 Å². The summed E-state index contributed by atoms with van der Waals surface area (Å²) in [6, 6.07) is 9.60. The first-order valence-electron chi connectivity index (χ1n) is 6.00. The van der Waals surface area contributed by atoms with Gasteiger partial charge in [0.15, 0.2) is 0 Å². The standard InChI is InChI=1S/C12H11IN8/c13-8-4-1-2-5-9(8)16-10-17-11(20-14)19-12(18-10)21-7-3-6-15-21/h1-7H,14H2,(H2,16,17,18,19,20). The normalized spacial score (nSPS) is 10.4. The third kappa shape index (κ3) is 3.08. The summed E-state index contributed by atoms with van der Waals surface area (Å²) < 4.78 is 2.59. The monoisotopic (exact) mass is 394 g/mol. The number of hydrazine groups is 1. The third-order valence-corrected chi connectivity index (χ3v) is 3.52. The molecule has 0 aliphatic carbocycles. The SMILES string of the molecule is NNc1nc(Nc2ccccc2I)nc(-n2cccn2)n1. The molecule has 9 heteroatoms. The zero-order valence-corrected chi connectivity index (χ0v) is 12.9. The lowest BCUT2D eigenvalue weighted by Crippen LogP contribution is -2.15. The van der Waals surface area contributed by atoms with E-state index in [1.807, 2.05) is 24.3 Å². The average molecular weight is 394 g/mol. The fourth-order valence-electron chi connectivity index (χ4n) is 1.66. The van der Waals surface area contributed by atoms with Crippen molar-refractivity contribution in [2.24, 2.45) is 5.84 Å². The number of benzene rings is 1. The molecule has 0 aliphatic rings. The predicted molar refractivity (Wildman–Crippen MR) is 87.2 cm³/mol. The van der Waals surface area contributed by atoms with Crippen LogP contribution in [-0.4, -0.2) is 24.7 Å². The molecule has 4 N–H and O–H groups in total. The van der Waals surface area contributed by atoms with Gasteiger partial charge in [-0.1, -0.05) is 12.1 Å². The number of nitrogen functional groups attached to an aromatic ring is 1. The fraction of sp³-hybridized carbons (Fsp3) is 0. The van der Waals surface area contributed by atoms with Gasteiger partial charge in [-0.15, -0.1) is 0 Å². The lowest BCUT2D eigenvalue weighted by Gasteiger charge is -2.09. The summed E-state index contributed by atoms with van der Waals surface area (Å²) in [5, 5.41) is 7.24. The van der Waals surface area contributed by atoms with Gasteiger partial charge in [0.1, 0.15) is 0 Å². The second-order valence-electron chi connectivity index (χ2n) is 3.98. The molecule has 0 fully saturated rings. The molecule has 0 atom stereocenters. The highest BCUT2D eigenvalue weighted by molar-refractivity contribution is 14.1. The number of aromatic nitrogens is 5. The van der Waals surface area contributed by atoms with Crippen LogP contribution in [0.2, 0.25) is 0 Å². The number of hydrogen-bond donors (Lipinski definition) is 3. The summed E-state index contributed by atoms with van der Waals surface area (Å²) in [7, 11) is 0. The lowest BCUT2D eigenvalue weighted by atomic mass is 10.3. The summed E-state index contributed by atoms with van der Waals surface area (Å²) in [5.41, 5.74) is 3.33. The van der Waals surface area contributed by atoms with Crippen LogP contribution in [0.3, 0.4) is 0 Å². The van der Waals surface area contributed by atoms with Gasteiger partial charge in [-0.2, -0.15) is 20.1 Å². The van der Waals surface area contributed by atoms with E-state index in [1.54, 1.807) is 18.5 Å². The van der Waals surface area contributed by atoms with Crippen molar-refractivity contribution in [3.8, 4) is 5.95 Å². The molecule has 106 valence electrons. The van der Waals surface area contributed by atoms with Crippen LogP contribution in [0.25, 0.3) is 5.95 Å². The quantitative estimate of drug-likeness (QED) is 0.351. The van der Waals surface area contributed by atoms with Gasteiger partial charge in [0.05, 0.1) is 5.69 Å². The van der Waals surface area contributed by atoms with Crippen LogP contribution in [0.4, 0.5) is 17.6 Å². The molecule has 0 amide bonds. The van der Waals surface area contributed by atoms with Crippen LogP contribution < -0.4 is 16.6 Å². The minimum atomic E-state index is 0.254. The molecule has 0 radical (unpaired) electrons. The molecule has 0 saturated heterocycles. The van der Waals surface area contributed by atoms with Gasteiger partial charge in [0.25, 0.3) is 5.95 Å². The van der Waals surface area contributed by atoms with Crippen LogP contribution >= 0.6 is 22.6 Å². The molecule has 0 saturated carbocycles. The van der Waals surface area contributed by atoms with E-state index in [4.69, 9.17) is 5.84 Å². The van der Waals surface area contributed by atoms with E-state index in [0.29, 0.717) is 11.9 Å². The zero-order valence-electron chi connectivity index (χ0n) is 10.7. The van der Waals surface area contributed by atoms with E-state index in [1.165, 1.54) is 4.68 Å². The Morgan fingerprint density at radius 2 is 1.86 bits per heavy atom. The summed E-state index contributed by atoms with van der Waals surface area (Å²) in [5.74, 6) is 6.41. The Balaban J connectivity index is 1.99. The van der Waals surface area contributed by atoms with Crippen molar-refractivity contribution < 1.29 is 0 Å². The Labute approximate surface area is 133 Å². The second kappa shape index (κ2) is 6.01. The van der Waals surface area contributed by atoms with Crippen molar-refractivity contribution in [2.45, 2.75) is 0 Å². The van der Waals surface area contributed by atoms with Crippen molar-refractivity contribution in [3.63, 3.8) is 0 Å². The van der Waals surface area contributed by atoms with Crippen LogP contribution in [-0.2, 0) is 0 Å². The third-order valence-electron chi connectivity index (χ3n) is 2.58. The lowest BCUT2D eigenvalue weighted by molar-refractivity contribution is 0.799. The number of anilines is 3. The van der Waals surface area contributed by atoms with Gasteiger partial charge in [-0.05, 0) is 40.8 Å². The highest BCUT2D eigenvalue weighted by atomic mass is 127. The van der Waals surface area contributed by atoms with E-state index in [2.05, 4.69) is 53.4 Å². The van der Waals surface area contributed by atoms with E-state index < -0.39 is 0 Å². The summed E-state index contributed by atoms with van der Waals surface area (Å²) in [4.78, 5) is 12.7. The second-order valence-corrected chi connectivity index (χ2v) is 5.14. The maximum atomic E-state index is 5.40. The van der Waals surface area contributed by atoms with Gasteiger partial charge in [-0.25, -0.2) is 10.5 Å². The maximum Gasteiger partial charge on any atom is 0.257 e. The molecule has 0 spiro atoms. The minimum Gasteiger partial charge on any atom is -0.323 e. The van der Waals surface area contributed by atoms with Crippen LogP contribution in [0.15, 0.2) is 42.7 Å². The first-order valence-corrected chi connectivity index (χ1v) is 7.08. The van der Waals surface area contributed by atoms with Gasteiger partial charge < -0.3 is 5.32 Å². The first-order chi connectivity index (χ1) is 10.3. The van der Waals surface area contributed by atoms with Gasteiger partial charge in [0, 0.05) is 16.0 Å². The van der Waals surface area contributed by atoms with E-state index in [9.17, 15) is 0 Å². The van der Waals surface area contributed by atoms with E-state index in [-0.39, 0.29) is 5.95 Å². The van der Waals surface area contributed by atoms with Crippen molar-refractivity contribution in [1.82, 2.24) is 24.7 Å². The molecule has 1 aromatic carbocycles. The molecule has 0 aliphatic heterocycles. The highest BCUT2D eigenvalue weighted by Gasteiger charge is 2.09. The van der Waals surface area contributed by atoms with Gasteiger partial charge >= 0.3 is 0 Å². The number of nitrogens with two attached hydrogens (primary N) is 1. The Hall–Kier alpha value is -2.27. The van der Waals surface area contributed by atoms with Gasteiger partial charge in [0.2, 0.25) is 11.9 Å². The Bertz CT molecular complexity index is 743. The van der Waals surface area contributed by atoms with Crippen molar-refractivity contribution in [1.29, 1.82) is 0 Å². The maximum absolute atomic E-state index is 5.40. The molecule has 0 unspecified atom stereocenters. The molecular formula is C12H11IN8. The Morgan fingerprint density at radius 3 is 2.57 bits per heavy atom. The molecule has 2 aromatic heterocycles. The number of nitrogens with zero attached hydrogens (tertiary/aromatic N) is 5. The van der Waals surface area contributed by atoms with E-state index in [0.717, 1.165) is 9.26 Å². The largest absolute Gasteiger partial charge is 0.323 e. The molecular weight excluding hydrogens is 383 g/mol. The van der Waals surface area contributed by atoms with Crippen LogP contribution in [0.5, 0.6) is 0 Å². The number of nitrogens with one attached hydrogen (secondary N) is 2. The summed E-state index contributed by atoms with van der Waals surface area (Å²) in [6.45, 7) is 0. The van der Waals surface area contributed by atoms with Crippen LogP contribution in [0, 0.1) is 3.57 Å². The Morgan fingerprint density at radius 1 is 1.05 bits per heavy atom. The molecule has 2 heterocycles. The topological polar surface area (TPSA) is 107 Å². The number of para-hydroxylation sites is 1. The van der Waals surface area contributed by atoms with Crippen molar-refractivity contribution >= 4 is 40.2 Å². The Kier molecular flexibility index (Phi) is 3.92. The molecule has 0 bridgehead atoms. The minimum absolute atomic E-state index is 0.254. The number of rotatable bonds is 4. The summed E-state index contributed by atoms with van der Waals surface area (Å²) in [6.07, 6.45) is 3.39. The highest BCUT2D eigenvalue weighted by Crippen LogP contribution is 2.20. The first kappa shape index (κ1) is 13.7. The fourth-order valence-corrected chi connectivity index (χ4v) is 2.18.